The number of aliphatic hydroxyl groups is 1. The van der Waals surface area contributed by atoms with Crippen molar-refractivity contribution in [3.05, 3.63) is 118 Å². The summed E-state index contributed by atoms with van der Waals surface area (Å²) >= 11 is 12.5. The van der Waals surface area contributed by atoms with Crippen LogP contribution < -0.4 is 14.4 Å². The fourth-order valence-corrected chi connectivity index (χ4v) is 8.31. The average molecular weight is 715 g/mol. The molecule has 1 unspecified atom stereocenters. The Balaban J connectivity index is 1.15. The zero-order valence-electron chi connectivity index (χ0n) is 28.6. The largest absolute Gasteiger partial charge is 0.493 e. The van der Waals surface area contributed by atoms with Crippen molar-refractivity contribution in [2.45, 2.75) is 68.4 Å². The molecule has 9 heteroatoms. The molecule has 7 rings (SSSR count). The highest BCUT2D eigenvalue weighted by molar-refractivity contribution is 6.30. The normalized spacial score (nSPS) is 18.8. The van der Waals surface area contributed by atoms with Gasteiger partial charge in [-0.25, -0.2) is 0 Å². The number of ether oxygens (including phenoxy) is 2. The Morgan fingerprint density at radius 1 is 0.880 bits per heavy atom. The number of piperidine rings is 1. The molecule has 7 nitrogen and oxygen atoms in total. The van der Waals surface area contributed by atoms with Gasteiger partial charge in [-0.05, 0) is 110 Å². The second-order valence-electron chi connectivity index (χ2n) is 14.3. The summed E-state index contributed by atoms with van der Waals surface area (Å²) in [6, 6.07) is 25.2. The lowest BCUT2D eigenvalue weighted by atomic mass is 9.62. The molecule has 1 N–H and O–H groups in total. The van der Waals surface area contributed by atoms with E-state index in [0.717, 1.165) is 75.7 Å². The predicted molar refractivity (Wildman–Crippen MR) is 199 cm³/mol. The number of carbonyl (C=O) groups excluding carboxylic acids is 1. The lowest BCUT2D eigenvalue weighted by Gasteiger charge is -2.50. The molecule has 1 amide bonds. The van der Waals surface area contributed by atoms with Crippen LogP contribution >= 0.6 is 23.2 Å². The van der Waals surface area contributed by atoms with Gasteiger partial charge in [0.15, 0.2) is 11.5 Å². The van der Waals surface area contributed by atoms with E-state index in [4.69, 9.17) is 32.7 Å². The molecule has 2 saturated carbocycles. The summed E-state index contributed by atoms with van der Waals surface area (Å²) in [5, 5.41) is 13.7. The number of pyridine rings is 1. The van der Waals surface area contributed by atoms with Gasteiger partial charge in [0.2, 0.25) is 0 Å². The third-order valence-electron chi connectivity index (χ3n) is 11.5. The van der Waals surface area contributed by atoms with Gasteiger partial charge in [-0.15, -0.1) is 0 Å². The van der Waals surface area contributed by atoms with Crippen molar-refractivity contribution in [2.75, 3.05) is 38.3 Å². The molecule has 0 radical (unpaired) electrons. The molecule has 2 heterocycles. The van der Waals surface area contributed by atoms with Gasteiger partial charge in [-0.3, -0.25) is 9.78 Å². The van der Waals surface area contributed by atoms with Crippen LogP contribution in [0.15, 0.2) is 91.3 Å². The van der Waals surface area contributed by atoms with Gasteiger partial charge >= 0.3 is 0 Å². The van der Waals surface area contributed by atoms with Crippen LogP contribution in [0, 0.1) is 5.92 Å². The first kappa shape index (κ1) is 34.7. The summed E-state index contributed by atoms with van der Waals surface area (Å²) in [4.78, 5) is 23.0. The summed E-state index contributed by atoms with van der Waals surface area (Å²) in [7, 11) is 1.61. The molecule has 1 aliphatic heterocycles. The number of aromatic nitrogens is 1. The van der Waals surface area contributed by atoms with E-state index in [-0.39, 0.29) is 17.2 Å². The van der Waals surface area contributed by atoms with E-state index in [9.17, 15) is 9.90 Å². The SMILES string of the molecule is COc1ccc(C(=O)N(CC2CCN(c3ccncc3)CC2)C(O)C2(c3ccc(Cl)cc3)CCC2)cc1OCC1(c2ccc(Cl)cc2)CCC1. The number of carbonyl (C=O) groups is 1. The summed E-state index contributed by atoms with van der Waals surface area (Å²) in [6.07, 6.45) is 10.2. The fourth-order valence-electron chi connectivity index (χ4n) is 8.06. The smallest absolute Gasteiger partial charge is 0.256 e. The van der Waals surface area contributed by atoms with E-state index in [1.54, 1.807) is 30.2 Å². The topological polar surface area (TPSA) is 75.1 Å². The minimum atomic E-state index is -1.00. The molecular formula is C41H45Cl2N3O4. The van der Waals surface area contributed by atoms with E-state index in [1.807, 2.05) is 60.9 Å². The molecule has 2 aliphatic carbocycles. The number of methoxy groups -OCH3 is 1. The molecule has 3 fully saturated rings. The van der Waals surface area contributed by atoms with Gasteiger partial charge < -0.3 is 24.4 Å². The maximum atomic E-state index is 14.7. The Kier molecular flexibility index (Phi) is 10.3. The summed E-state index contributed by atoms with van der Waals surface area (Å²) in [5.41, 5.74) is 3.17. The standard InChI is InChI=1S/C41H45Cl2N3O4/c1-49-36-13-4-30(26-37(36)50-28-40(18-2-19-40)31-5-9-33(42)10-6-31)38(47)46(27-29-16-24-45(25-17-29)35-14-22-44-23-15-35)39(48)41(20-3-21-41)32-7-11-34(43)12-8-32/h4-15,22-23,26,29,39,48H,2-3,16-21,24-25,27-28H2,1H3. The van der Waals surface area contributed by atoms with Gasteiger partial charge in [-0.1, -0.05) is 60.3 Å². The molecule has 0 spiro atoms. The van der Waals surface area contributed by atoms with Crippen molar-refractivity contribution in [1.29, 1.82) is 0 Å². The molecule has 3 aromatic carbocycles. The summed E-state index contributed by atoms with van der Waals surface area (Å²) in [6.45, 7) is 2.68. The quantitative estimate of drug-likeness (QED) is 0.148. The van der Waals surface area contributed by atoms with Crippen LogP contribution in [-0.4, -0.2) is 60.5 Å². The molecule has 1 saturated heterocycles. The second kappa shape index (κ2) is 14.8. The summed E-state index contributed by atoms with van der Waals surface area (Å²) in [5.74, 6) is 1.12. The van der Waals surface area contributed by atoms with Crippen molar-refractivity contribution < 1.29 is 19.4 Å². The molecular weight excluding hydrogens is 669 g/mol. The first-order valence-electron chi connectivity index (χ1n) is 17.8. The maximum Gasteiger partial charge on any atom is 0.256 e. The van der Waals surface area contributed by atoms with Crippen molar-refractivity contribution in [3.63, 3.8) is 0 Å². The third-order valence-corrected chi connectivity index (χ3v) is 12.0. The van der Waals surface area contributed by atoms with Crippen molar-refractivity contribution >= 4 is 34.8 Å². The molecule has 1 atom stereocenters. The van der Waals surface area contributed by atoms with Gasteiger partial charge in [0.25, 0.3) is 5.91 Å². The number of hydrogen-bond acceptors (Lipinski definition) is 6. The molecule has 1 aromatic heterocycles. The number of halogens is 2. The molecule has 50 heavy (non-hydrogen) atoms. The number of rotatable bonds is 12. The van der Waals surface area contributed by atoms with Crippen LogP contribution in [-0.2, 0) is 10.8 Å². The van der Waals surface area contributed by atoms with Crippen molar-refractivity contribution in [1.82, 2.24) is 9.88 Å². The highest BCUT2D eigenvalue weighted by Gasteiger charge is 2.49. The van der Waals surface area contributed by atoms with Crippen molar-refractivity contribution in [2.24, 2.45) is 5.92 Å². The van der Waals surface area contributed by atoms with E-state index < -0.39 is 11.6 Å². The number of benzene rings is 3. The minimum Gasteiger partial charge on any atom is -0.493 e. The molecule has 0 bridgehead atoms. The average Bonchev–Trinajstić information content (AvgIpc) is 3.11. The van der Waals surface area contributed by atoms with Crippen LogP contribution in [0.4, 0.5) is 5.69 Å². The molecule has 3 aliphatic rings. The Morgan fingerprint density at radius 2 is 1.50 bits per heavy atom. The lowest BCUT2D eigenvalue weighted by molar-refractivity contribution is -0.0749. The molecule has 262 valence electrons. The van der Waals surface area contributed by atoms with Gasteiger partial charge in [-0.2, -0.15) is 0 Å². The Morgan fingerprint density at radius 3 is 2.06 bits per heavy atom. The fraction of sp³-hybridized carbons (Fsp3) is 0.415. The van der Waals surface area contributed by atoms with Gasteiger partial charge in [0, 0.05) is 64.2 Å². The van der Waals surface area contributed by atoms with E-state index in [0.29, 0.717) is 40.3 Å². The first-order valence-corrected chi connectivity index (χ1v) is 18.5. The maximum absolute atomic E-state index is 14.7. The highest BCUT2D eigenvalue weighted by Crippen LogP contribution is 2.49. The lowest BCUT2D eigenvalue weighted by Crippen LogP contribution is -2.57. The monoisotopic (exact) mass is 713 g/mol. The predicted octanol–water partition coefficient (Wildman–Crippen LogP) is 8.70. The van der Waals surface area contributed by atoms with Crippen LogP contribution in [0.1, 0.15) is 72.9 Å². The van der Waals surface area contributed by atoms with E-state index in [2.05, 4.69) is 22.0 Å². The van der Waals surface area contributed by atoms with E-state index >= 15 is 0 Å². The zero-order valence-corrected chi connectivity index (χ0v) is 30.1. The number of hydrogen-bond donors (Lipinski definition) is 1. The third kappa shape index (κ3) is 6.92. The zero-order chi connectivity index (χ0) is 34.7. The number of amides is 1. The first-order chi connectivity index (χ1) is 24.3. The number of nitrogens with zero attached hydrogens (tertiary/aromatic N) is 3. The van der Waals surface area contributed by atoms with Crippen molar-refractivity contribution in [3.8, 4) is 11.5 Å². The van der Waals surface area contributed by atoms with Gasteiger partial charge in [0.1, 0.15) is 6.23 Å². The van der Waals surface area contributed by atoms with Crippen LogP contribution in [0.25, 0.3) is 0 Å². The second-order valence-corrected chi connectivity index (χ2v) is 15.2. The summed E-state index contributed by atoms with van der Waals surface area (Å²) < 4.78 is 12.2. The molecule has 4 aromatic rings. The number of aliphatic hydroxyl groups excluding tert-OH is 1. The van der Waals surface area contributed by atoms with Crippen LogP contribution in [0.3, 0.4) is 0 Å². The Labute approximate surface area is 305 Å². The van der Waals surface area contributed by atoms with Crippen LogP contribution in [0.2, 0.25) is 10.0 Å². The van der Waals surface area contributed by atoms with E-state index in [1.165, 1.54) is 5.56 Å². The Hall–Kier alpha value is -3.78. The van der Waals surface area contributed by atoms with Gasteiger partial charge in [0.05, 0.1) is 13.7 Å². The van der Waals surface area contributed by atoms with Crippen LogP contribution in [0.5, 0.6) is 11.5 Å². The minimum absolute atomic E-state index is 0.113. The Bertz CT molecular complexity index is 1750. The number of anilines is 1. The highest BCUT2D eigenvalue weighted by atomic mass is 35.5.